The maximum atomic E-state index is 8.36. The van der Waals surface area contributed by atoms with E-state index in [0.29, 0.717) is 29.0 Å². The molecule has 0 aromatic carbocycles. The number of fused-ring (bicyclic) bond motifs is 1. The molecule has 0 radical (unpaired) electrons. The molecule has 2 atom stereocenters. The molecule has 1 aromatic heterocycles. The third-order valence-corrected chi connectivity index (χ3v) is 4.75. The first-order chi connectivity index (χ1) is 16.4. The van der Waals surface area contributed by atoms with E-state index in [9.17, 15) is 0 Å². The highest BCUT2D eigenvalue weighted by atomic mass is 32.2. The molecular weight excluding hydrogens is 456 g/mol. The van der Waals surface area contributed by atoms with Gasteiger partial charge in [0.25, 0.3) is 12.4 Å². The number of hydrogen-bond donors (Lipinski definition) is 2. The minimum atomic E-state index is -0.433. The number of allylic oxidation sites excluding steroid dienone is 6. The van der Waals surface area contributed by atoms with E-state index >= 15 is 0 Å². The Kier molecular flexibility index (Phi) is 15.9. The molecule has 10 heteroatoms. The standard InChI is InChI=1S/C21H28N4O3S.C2H2.CH2O2/c1-14(12-13-18(27-5)16(3)26-4)19-22-15(2)10-8-7-9-11-17-20(28-19)24-25-21(23-17)29-6;1-2;2-1-3/h7-10,12-14,19,22H,2,11H2,1,3-6H3;1-2H;1H,(H,2,3)/b9-7-,10-8-,13-12-,18-16-;;. The highest BCUT2D eigenvalue weighted by Crippen LogP contribution is 2.21. The molecular formula is C24H32N4O5S. The van der Waals surface area contributed by atoms with Crippen molar-refractivity contribution in [2.75, 3.05) is 20.5 Å². The number of ether oxygens (including phenoxy) is 3. The van der Waals surface area contributed by atoms with Crippen LogP contribution in [-0.4, -0.2) is 53.5 Å². The van der Waals surface area contributed by atoms with Crippen LogP contribution in [0.2, 0.25) is 0 Å². The zero-order valence-electron chi connectivity index (χ0n) is 20.1. The Morgan fingerprint density at radius 1 is 1.35 bits per heavy atom. The Bertz CT molecular complexity index is 925. The Hall–Kier alpha value is -3.71. The molecule has 0 spiro atoms. The summed E-state index contributed by atoms with van der Waals surface area (Å²) in [7, 11) is 3.21. The highest BCUT2D eigenvalue weighted by molar-refractivity contribution is 7.98. The molecule has 1 aromatic rings. The van der Waals surface area contributed by atoms with Gasteiger partial charge in [-0.2, -0.15) is 0 Å². The van der Waals surface area contributed by atoms with Gasteiger partial charge in [0.05, 0.1) is 14.2 Å². The molecule has 0 saturated carbocycles. The molecule has 184 valence electrons. The SMILES string of the molecule is C#C.C=C1/C=C\C=C/Cc2nc(SC)nnc2OC(C(C)/C=C\C(OC)=C(/C)OC)N1.O=CO. The summed E-state index contributed by atoms with van der Waals surface area (Å²) in [5.74, 6) is 1.68. The van der Waals surface area contributed by atoms with Gasteiger partial charge in [0.2, 0.25) is 5.16 Å². The van der Waals surface area contributed by atoms with Crippen LogP contribution in [0.3, 0.4) is 0 Å². The fourth-order valence-corrected chi connectivity index (χ4v) is 2.79. The second-order valence-corrected chi connectivity index (χ2v) is 7.18. The molecule has 0 bridgehead atoms. The van der Waals surface area contributed by atoms with Crippen LogP contribution in [0.4, 0.5) is 0 Å². The summed E-state index contributed by atoms with van der Waals surface area (Å²) in [6.45, 7) is 7.66. The van der Waals surface area contributed by atoms with Gasteiger partial charge in [0, 0.05) is 18.0 Å². The van der Waals surface area contributed by atoms with E-state index in [1.807, 2.05) is 56.6 Å². The maximum Gasteiger partial charge on any atom is 0.290 e. The fourth-order valence-electron chi connectivity index (χ4n) is 2.46. The Labute approximate surface area is 205 Å². The molecule has 2 heterocycles. The molecule has 34 heavy (non-hydrogen) atoms. The number of carboxylic acid groups (broad SMARTS) is 1. The number of methoxy groups -OCH3 is 2. The van der Waals surface area contributed by atoms with E-state index in [2.05, 4.69) is 39.9 Å². The van der Waals surface area contributed by atoms with Gasteiger partial charge in [-0.25, -0.2) is 4.98 Å². The number of rotatable bonds is 6. The predicted octanol–water partition coefficient (Wildman–Crippen LogP) is 3.74. The van der Waals surface area contributed by atoms with Gasteiger partial charge in [-0.1, -0.05) is 49.6 Å². The van der Waals surface area contributed by atoms with Crippen molar-refractivity contribution in [2.45, 2.75) is 31.7 Å². The Morgan fingerprint density at radius 3 is 2.62 bits per heavy atom. The molecule has 0 saturated heterocycles. The molecule has 1 aliphatic rings. The zero-order valence-corrected chi connectivity index (χ0v) is 20.9. The van der Waals surface area contributed by atoms with Gasteiger partial charge in [0.15, 0.2) is 12.0 Å². The summed E-state index contributed by atoms with van der Waals surface area (Å²) in [6.07, 6.45) is 21.7. The number of aromatic nitrogens is 3. The summed E-state index contributed by atoms with van der Waals surface area (Å²) in [5.41, 5.74) is 1.46. The van der Waals surface area contributed by atoms with Crippen molar-refractivity contribution in [3.63, 3.8) is 0 Å². The second-order valence-electron chi connectivity index (χ2n) is 6.40. The number of carbonyl (C=O) groups is 1. The monoisotopic (exact) mass is 488 g/mol. The van der Waals surface area contributed by atoms with Crippen LogP contribution in [0.5, 0.6) is 5.88 Å². The number of nitrogens with zero attached hydrogens (tertiary/aromatic N) is 3. The van der Waals surface area contributed by atoms with E-state index in [1.165, 1.54) is 11.8 Å². The highest BCUT2D eigenvalue weighted by Gasteiger charge is 2.21. The zero-order chi connectivity index (χ0) is 25.9. The first-order valence-corrected chi connectivity index (χ1v) is 11.2. The smallest absolute Gasteiger partial charge is 0.290 e. The lowest BCUT2D eigenvalue weighted by Crippen LogP contribution is -2.39. The summed E-state index contributed by atoms with van der Waals surface area (Å²) < 4.78 is 16.8. The van der Waals surface area contributed by atoms with Gasteiger partial charge in [-0.3, -0.25) is 4.79 Å². The Morgan fingerprint density at radius 2 is 2.03 bits per heavy atom. The van der Waals surface area contributed by atoms with E-state index in [0.717, 1.165) is 11.4 Å². The second kappa shape index (κ2) is 17.8. The van der Waals surface area contributed by atoms with E-state index in [4.69, 9.17) is 24.1 Å². The summed E-state index contributed by atoms with van der Waals surface area (Å²) in [4.78, 5) is 12.9. The predicted molar refractivity (Wildman–Crippen MR) is 134 cm³/mol. The van der Waals surface area contributed by atoms with Crippen LogP contribution in [0.1, 0.15) is 19.5 Å². The van der Waals surface area contributed by atoms with Crippen LogP contribution in [0, 0.1) is 18.8 Å². The molecule has 2 unspecified atom stereocenters. The van der Waals surface area contributed by atoms with Crippen molar-refractivity contribution < 1.29 is 24.1 Å². The van der Waals surface area contributed by atoms with Crippen LogP contribution < -0.4 is 10.1 Å². The van der Waals surface area contributed by atoms with Gasteiger partial charge in [0.1, 0.15) is 11.5 Å². The third-order valence-electron chi connectivity index (χ3n) is 4.21. The summed E-state index contributed by atoms with van der Waals surface area (Å²) >= 11 is 1.44. The molecule has 0 amide bonds. The largest absolute Gasteiger partial charge is 0.498 e. The minimum Gasteiger partial charge on any atom is -0.498 e. The average molecular weight is 489 g/mol. The van der Waals surface area contributed by atoms with Crippen molar-refractivity contribution in [1.82, 2.24) is 20.5 Å². The fraction of sp³-hybridized carbons (Fsp3) is 0.333. The lowest BCUT2D eigenvalue weighted by atomic mass is 10.1. The van der Waals surface area contributed by atoms with Crippen molar-refractivity contribution in [1.29, 1.82) is 0 Å². The number of terminal acetylenes is 1. The van der Waals surface area contributed by atoms with Crippen LogP contribution in [0.15, 0.2) is 65.4 Å². The summed E-state index contributed by atoms with van der Waals surface area (Å²) in [5, 5.41) is 19.2. The minimum absolute atomic E-state index is 0.0569. The van der Waals surface area contributed by atoms with E-state index in [1.54, 1.807) is 14.2 Å². The number of thioether (sulfide) groups is 1. The van der Waals surface area contributed by atoms with E-state index < -0.39 is 6.23 Å². The topological polar surface area (TPSA) is 116 Å². The average Bonchev–Trinajstić information content (AvgIpc) is 2.88. The summed E-state index contributed by atoms with van der Waals surface area (Å²) in [6, 6.07) is 0. The van der Waals surface area contributed by atoms with Gasteiger partial charge in [-0.15, -0.1) is 23.0 Å². The number of hydrogen-bond acceptors (Lipinski definition) is 9. The lowest BCUT2D eigenvalue weighted by Gasteiger charge is -2.25. The first kappa shape index (κ1) is 30.3. The van der Waals surface area contributed by atoms with Crippen molar-refractivity contribution in [3.05, 3.63) is 65.9 Å². The van der Waals surface area contributed by atoms with Crippen LogP contribution in [0.25, 0.3) is 0 Å². The maximum absolute atomic E-state index is 8.36. The normalized spacial score (nSPS) is 18.3. The first-order valence-electron chi connectivity index (χ1n) is 10.0. The quantitative estimate of drug-likeness (QED) is 0.202. The van der Waals surface area contributed by atoms with Gasteiger partial charge >= 0.3 is 0 Å². The van der Waals surface area contributed by atoms with Crippen molar-refractivity contribution >= 4 is 18.2 Å². The van der Waals surface area contributed by atoms with Crippen molar-refractivity contribution in [2.24, 2.45) is 5.92 Å². The molecule has 9 nitrogen and oxygen atoms in total. The van der Waals surface area contributed by atoms with Crippen LogP contribution in [-0.2, 0) is 20.7 Å². The van der Waals surface area contributed by atoms with Crippen LogP contribution >= 0.6 is 11.8 Å². The molecule has 1 aliphatic heterocycles. The van der Waals surface area contributed by atoms with Gasteiger partial charge < -0.3 is 24.6 Å². The lowest BCUT2D eigenvalue weighted by molar-refractivity contribution is -0.122. The molecule has 2 rings (SSSR count). The van der Waals surface area contributed by atoms with Gasteiger partial charge in [-0.05, 0) is 25.3 Å². The third kappa shape index (κ3) is 10.7. The molecule has 0 aliphatic carbocycles. The molecule has 0 fully saturated rings. The van der Waals surface area contributed by atoms with E-state index in [-0.39, 0.29) is 12.4 Å². The Balaban J connectivity index is 0.00000201. The molecule has 2 N–H and O–H groups in total. The number of nitrogens with one attached hydrogen (secondary N) is 1. The van der Waals surface area contributed by atoms with Crippen molar-refractivity contribution in [3.8, 4) is 18.7 Å².